The SMILES string of the molecule is O=C(NC1(C(=O)O)CCOCC1)c1ccn(-c2ccc([N+](=O)[O-])cc2)n1. The largest absolute Gasteiger partial charge is 0.480 e. The molecule has 26 heavy (non-hydrogen) atoms. The van der Waals surface area contributed by atoms with Gasteiger partial charge in [0.05, 0.1) is 10.6 Å². The summed E-state index contributed by atoms with van der Waals surface area (Å²) in [5.74, 6) is -1.71. The molecule has 1 aromatic carbocycles. The first-order valence-electron chi connectivity index (χ1n) is 7.85. The second-order valence-electron chi connectivity index (χ2n) is 5.87. The number of amides is 1. The molecular weight excluding hydrogens is 344 g/mol. The van der Waals surface area contributed by atoms with Gasteiger partial charge in [0.25, 0.3) is 11.6 Å². The number of nitro benzene ring substituents is 1. The van der Waals surface area contributed by atoms with Crippen LogP contribution in [-0.2, 0) is 9.53 Å². The predicted molar refractivity (Wildman–Crippen MR) is 88.1 cm³/mol. The molecule has 0 spiro atoms. The number of carbonyl (C=O) groups is 2. The molecule has 1 aromatic heterocycles. The Bertz CT molecular complexity index is 839. The van der Waals surface area contributed by atoms with Gasteiger partial charge in [0.15, 0.2) is 5.69 Å². The number of carbonyl (C=O) groups excluding carboxylic acids is 1. The molecule has 0 unspecified atom stereocenters. The molecule has 0 atom stereocenters. The first-order valence-corrected chi connectivity index (χ1v) is 7.85. The molecule has 1 saturated heterocycles. The number of nitrogens with one attached hydrogen (secondary N) is 1. The summed E-state index contributed by atoms with van der Waals surface area (Å²) in [6, 6.07) is 7.12. The first kappa shape index (κ1) is 17.5. The molecular formula is C16H16N4O6. The smallest absolute Gasteiger partial charge is 0.329 e. The second kappa shape index (κ2) is 6.92. The zero-order valence-electron chi connectivity index (χ0n) is 13.6. The van der Waals surface area contributed by atoms with E-state index in [1.54, 1.807) is 0 Å². The Morgan fingerprint density at radius 3 is 2.46 bits per heavy atom. The van der Waals surface area contributed by atoms with E-state index in [2.05, 4.69) is 10.4 Å². The Morgan fingerprint density at radius 2 is 1.88 bits per heavy atom. The number of aromatic nitrogens is 2. The van der Waals surface area contributed by atoms with E-state index < -0.39 is 22.3 Å². The third-order valence-electron chi connectivity index (χ3n) is 4.26. The highest BCUT2D eigenvalue weighted by atomic mass is 16.6. The summed E-state index contributed by atoms with van der Waals surface area (Å²) in [4.78, 5) is 34.2. The number of carboxylic acids is 1. The molecule has 0 bridgehead atoms. The van der Waals surface area contributed by atoms with Gasteiger partial charge in [-0.05, 0) is 18.2 Å². The van der Waals surface area contributed by atoms with E-state index in [4.69, 9.17) is 4.74 Å². The zero-order valence-corrected chi connectivity index (χ0v) is 13.6. The Kier molecular flexibility index (Phi) is 4.67. The molecule has 2 aromatic rings. The van der Waals surface area contributed by atoms with E-state index in [-0.39, 0.29) is 37.4 Å². The van der Waals surface area contributed by atoms with Crippen LogP contribution in [0.1, 0.15) is 23.3 Å². The second-order valence-corrected chi connectivity index (χ2v) is 5.87. The molecule has 0 saturated carbocycles. The number of benzene rings is 1. The van der Waals surface area contributed by atoms with Crippen molar-refractivity contribution in [2.24, 2.45) is 0 Å². The fourth-order valence-corrected chi connectivity index (χ4v) is 2.71. The van der Waals surface area contributed by atoms with Crippen molar-refractivity contribution in [3.8, 4) is 5.69 Å². The average Bonchev–Trinajstić information content (AvgIpc) is 3.13. The molecule has 0 radical (unpaired) electrons. The Balaban J connectivity index is 1.77. The van der Waals surface area contributed by atoms with Crippen LogP contribution in [0, 0.1) is 10.1 Å². The van der Waals surface area contributed by atoms with Crippen molar-refractivity contribution >= 4 is 17.6 Å². The Labute approximate surface area is 147 Å². The van der Waals surface area contributed by atoms with Gasteiger partial charge in [-0.15, -0.1) is 0 Å². The van der Waals surface area contributed by atoms with Crippen LogP contribution >= 0.6 is 0 Å². The van der Waals surface area contributed by atoms with Crippen molar-refractivity contribution in [1.82, 2.24) is 15.1 Å². The minimum absolute atomic E-state index is 0.0514. The van der Waals surface area contributed by atoms with Crippen LogP contribution < -0.4 is 5.32 Å². The summed E-state index contributed by atoms with van der Waals surface area (Å²) >= 11 is 0. The van der Waals surface area contributed by atoms with E-state index in [1.807, 2.05) is 0 Å². The highest BCUT2D eigenvalue weighted by Crippen LogP contribution is 2.22. The number of non-ortho nitro benzene ring substituents is 1. The van der Waals surface area contributed by atoms with Crippen molar-refractivity contribution in [2.45, 2.75) is 18.4 Å². The highest BCUT2D eigenvalue weighted by molar-refractivity contribution is 5.96. The van der Waals surface area contributed by atoms with E-state index in [1.165, 1.54) is 41.2 Å². The van der Waals surface area contributed by atoms with Gasteiger partial charge in [-0.2, -0.15) is 5.10 Å². The van der Waals surface area contributed by atoms with Gasteiger partial charge in [0.2, 0.25) is 0 Å². The summed E-state index contributed by atoms with van der Waals surface area (Å²) < 4.78 is 6.55. The van der Waals surface area contributed by atoms with Gasteiger partial charge >= 0.3 is 5.97 Å². The number of aliphatic carboxylic acids is 1. The highest BCUT2D eigenvalue weighted by Gasteiger charge is 2.42. The average molecular weight is 360 g/mol. The predicted octanol–water partition coefficient (Wildman–Crippen LogP) is 1.14. The maximum atomic E-state index is 12.4. The standard InChI is InChI=1S/C16H16N4O6/c21-14(17-16(15(22)23)6-9-26-10-7-16)13-5-8-19(18-13)11-1-3-12(4-2-11)20(24)25/h1-5,8H,6-7,9-10H2,(H,17,21)(H,22,23). The topological polar surface area (TPSA) is 137 Å². The summed E-state index contributed by atoms with van der Waals surface area (Å²) in [5.41, 5.74) is -0.835. The number of ether oxygens (including phenoxy) is 1. The van der Waals surface area contributed by atoms with Crippen LogP contribution in [0.2, 0.25) is 0 Å². The van der Waals surface area contributed by atoms with Gasteiger partial charge < -0.3 is 15.2 Å². The summed E-state index contributed by atoms with van der Waals surface area (Å²) in [6.07, 6.45) is 1.88. The third-order valence-corrected chi connectivity index (χ3v) is 4.26. The van der Waals surface area contributed by atoms with E-state index >= 15 is 0 Å². The molecule has 1 amide bonds. The van der Waals surface area contributed by atoms with Crippen LogP contribution in [0.4, 0.5) is 5.69 Å². The molecule has 10 heteroatoms. The minimum Gasteiger partial charge on any atom is -0.480 e. The number of rotatable bonds is 5. The van der Waals surface area contributed by atoms with E-state index in [0.29, 0.717) is 5.69 Å². The summed E-state index contributed by atoms with van der Waals surface area (Å²) in [7, 11) is 0. The fraction of sp³-hybridized carbons (Fsp3) is 0.312. The van der Waals surface area contributed by atoms with Crippen molar-refractivity contribution < 1.29 is 24.4 Å². The van der Waals surface area contributed by atoms with Crippen LogP contribution in [0.15, 0.2) is 36.5 Å². The quantitative estimate of drug-likeness (QED) is 0.602. The molecule has 136 valence electrons. The van der Waals surface area contributed by atoms with Gasteiger partial charge in [0.1, 0.15) is 5.54 Å². The van der Waals surface area contributed by atoms with Gasteiger partial charge in [0, 0.05) is 44.4 Å². The minimum atomic E-state index is -1.37. The number of nitro groups is 1. The first-order chi connectivity index (χ1) is 12.4. The molecule has 1 fully saturated rings. The number of hydrogen-bond acceptors (Lipinski definition) is 6. The van der Waals surface area contributed by atoms with E-state index in [0.717, 1.165) is 0 Å². The fourth-order valence-electron chi connectivity index (χ4n) is 2.71. The molecule has 2 N–H and O–H groups in total. The monoisotopic (exact) mass is 360 g/mol. The summed E-state index contributed by atoms with van der Waals surface area (Å²) in [6.45, 7) is 0.508. The number of nitrogens with zero attached hydrogens (tertiary/aromatic N) is 3. The normalized spacial score (nSPS) is 16.0. The van der Waals surface area contributed by atoms with Crippen molar-refractivity contribution in [3.05, 3.63) is 52.3 Å². The lowest BCUT2D eigenvalue weighted by Crippen LogP contribution is -2.57. The molecule has 10 nitrogen and oxygen atoms in total. The number of hydrogen-bond donors (Lipinski definition) is 2. The van der Waals surface area contributed by atoms with Gasteiger partial charge in [-0.3, -0.25) is 14.9 Å². The van der Waals surface area contributed by atoms with E-state index in [9.17, 15) is 24.8 Å². The van der Waals surface area contributed by atoms with Gasteiger partial charge in [-0.25, -0.2) is 9.48 Å². The molecule has 0 aliphatic carbocycles. The Hall–Kier alpha value is -3.27. The van der Waals surface area contributed by atoms with Crippen LogP contribution in [0.3, 0.4) is 0 Å². The lowest BCUT2D eigenvalue weighted by atomic mass is 9.90. The molecule has 1 aliphatic rings. The number of carboxylic acid groups (broad SMARTS) is 1. The maximum absolute atomic E-state index is 12.4. The lowest BCUT2D eigenvalue weighted by Gasteiger charge is -2.33. The van der Waals surface area contributed by atoms with Crippen LogP contribution in [-0.4, -0.2) is 50.4 Å². The molecule has 2 heterocycles. The van der Waals surface area contributed by atoms with Crippen molar-refractivity contribution in [2.75, 3.05) is 13.2 Å². The third kappa shape index (κ3) is 3.40. The van der Waals surface area contributed by atoms with Crippen LogP contribution in [0.5, 0.6) is 0 Å². The van der Waals surface area contributed by atoms with Gasteiger partial charge in [-0.1, -0.05) is 0 Å². The zero-order chi connectivity index (χ0) is 18.7. The molecule has 1 aliphatic heterocycles. The summed E-state index contributed by atoms with van der Waals surface area (Å²) in [5, 5.41) is 26.9. The van der Waals surface area contributed by atoms with Crippen molar-refractivity contribution in [1.29, 1.82) is 0 Å². The van der Waals surface area contributed by atoms with Crippen LogP contribution in [0.25, 0.3) is 5.69 Å². The van der Waals surface area contributed by atoms with Crippen molar-refractivity contribution in [3.63, 3.8) is 0 Å². The lowest BCUT2D eigenvalue weighted by molar-refractivity contribution is -0.384. The Morgan fingerprint density at radius 1 is 1.23 bits per heavy atom. The maximum Gasteiger partial charge on any atom is 0.329 e. The molecule has 3 rings (SSSR count).